The summed E-state index contributed by atoms with van der Waals surface area (Å²) in [5.41, 5.74) is 12.5. The van der Waals surface area contributed by atoms with Gasteiger partial charge in [-0.2, -0.15) is 0 Å². The maximum atomic E-state index is 12.3. The Balaban J connectivity index is 0.00000684. The Morgan fingerprint density at radius 2 is 1.35 bits per heavy atom. The quantitative estimate of drug-likeness (QED) is 0.154. The fourth-order valence-electron chi connectivity index (χ4n) is 8.22. The smallest absolute Gasteiger partial charge is 0.148 e. The van der Waals surface area contributed by atoms with Crippen molar-refractivity contribution in [2.45, 2.75) is 106 Å². The Morgan fingerprint density at radius 1 is 0.667 bits per heavy atom. The number of hydrogen-bond acceptors (Lipinski definition) is 3. The van der Waals surface area contributed by atoms with Gasteiger partial charge in [-0.1, -0.05) is 159 Å². The second-order valence-corrected chi connectivity index (χ2v) is 19.2. The van der Waals surface area contributed by atoms with Gasteiger partial charge in [0.25, 0.3) is 0 Å². The molecule has 8 aromatic rings. The number of aromatic hydroxyl groups is 1. The van der Waals surface area contributed by atoms with Gasteiger partial charge in [0.1, 0.15) is 11.6 Å². The van der Waals surface area contributed by atoms with Gasteiger partial charge in [-0.25, -0.2) is 4.98 Å². The zero-order valence-electron chi connectivity index (χ0n) is 43.2. The van der Waals surface area contributed by atoms with Crippen molar-refractivity contribution in [1.29, 1.82) is 0 Å². The molecule has 0 aliphatic heterocycles. The number of phenolic OH excluding ortho intramolecular Hbond substituents is 1. The minimum atomic E-state index is -2.59. The van der Waals surface area contributed by atoms with Gasteiger partial charge in [-0.15, -0.1) is 29.3 Å². The molecule has 0 fully saturated rings. The molecule has 0 aliphatic carbocycles. The van der Waals surface area contributed by atoms with Gasteiger partial charge in [0.2, 0.25) is 0 Å². The predicted molar refractivity (Wildman–Crippen MR) is 262 cm³/mol. The van der Waals surface area contributed by atoms with Gasteiger partial charge in [0.15, 0.2) is 0 Å². The summed E-state index contributed by atoms with van der Waals surface area (Å²) in [5, 5.41) is 12.3. The zero-order chi connectivity index (χ0) is 48.6. The number of rotatable bonds is 8. The molecular formula is C58H60N3OPt-. The van der Waals surface area contributed by atoms with E-state index in [2.05, 4.69) is 77.9 Å². The van der Waals surface area contributed by atoms with E-state index >= 15 is 0 Å². The third kappa shape index (κ3) is 9.11. The molecule has 0 bridgehead atoms. The molecule has 4 nitrogen and oxygen atoms in total. The fourth-order valence-corrected chi connectivity index (χ4v) is 8.22. The Labute approximate surface area is 396 Å². The van der Waals surface area contributed by atoms with Crippen LogP contribution in [0, 0.1) is 19.8 Å². The van der Waals surface area contributed by atoms with E-state index in [0.717, 1.165) is 66.9 Å². The number of aryl methyl sites for hydroxylation is 2. The van der Waals surface area contributed by atoms with Crippen molar-refractivity contribution in [3.63, 3.8) is 0 Å². The fraction of sp³-hybridized carbons (Fsp3) is 0.276. The van der Waals surface area contributed by atoms with Crippen LogP contribution in [0.3, 0.4) is 0 Å². The number of para-hydroxylation sites is 1. The van der Waals surface area contributed by atoms with Crippen LogP contribution < -0.4 is 0 Å². The van der Waals surface area contributed by atoms with Gasteiger partial charge in [-0.3, -0.25) is 9.55 Å². The van der Waals surface area contributed by atoms with Crippen LogP contribution in [-0.2, 0) is 31.9 Å². The van der Waals surface area contributed by atoms with Crippen molar-refractivity contribution in [3.05, 3.63) is 167 Å². The zero-order valence-corrected chi connectivity index (χ0v) is 40.5. The molecule has 5 heteroatoms. The summed E-state index contributed by atoms with van der Waals surface area (Å²) < 4.78 is 46.8. The molecule has 0 atom stereocenters. The number of phenols is 1. The van der Waals surface area contributed by atoms with Crippen LogP contribution >= 0.6 is 0 Å². The molecule has 1 N–H and O–H groups in total. The van der Waals surface area contributed by atoms with Gasteiger partial charge < -0.3 is 5.11 Å². The summed E-state index contributed by atoms with van der Waals surface area (Å²) in [4.78, 5) is 10.3. The Kier molecular flexibility index (Phi) is 10.9. The molecule has 8 rings (SSSR count). The second kappa shape index (κ2) is 17.5. The van der Waals surface area contributed by atoms with E-state index in [1.54, 1.807) is 6.07 Å². The number of pyridine rings is 1. The van der Waals surface area contributed by atoms with Crippen LogP contribution in [0.25, 0.3) is 72.7 Å². The molecule has 2 aromatic heterocycles. The first kappa shape index (κ1) is 39.1. The third-order valence-electron chi connectivity index (χ3n) is 11.8. The number of imidazole rings is 1. The van der Waals surface area contributed by atoms with Crippen molar-refractivity contribution in [1.82, 2.24) is 14.5 Å². The third-order valence-corrected chi connectivity index (χ3v) is 11.8. The van der Waals surface area contributed by atoms with Gasteiger partial charge in [-0.05, 0) is 111 Å². The van der Waals surface area contributed by atoms with Crippen molar-refractivity contribution >= 4 is 11.0 Å². The second-order valence-electron chi connectivity index (χ2n) is 19.2. The van der Waals surface area contributed by atoms with Crippen molar-refractivity contribution in [3.8, 4) is 67.5 Å². The molecular weight excluding hydrogens is 950 g/mol. The Morgan fingerprint density at radius 3 is 2.00 bits per heavy atom. The van der Waals surface area contributed by atoms with Crippen LogP contribution in [-0.4, -0.2) is 19.6 Å². The summed E-state index contributed by atoms with van der Waals surface area (Å²) in [6, 6.07) is 43.4. The van der Waals surface area contributed by atoms with E-state index in [1.165, 1.54) is 0 Å². The minimum absolute atomic E-state index is 0. The molecule has 0 amide bonds. The molecule has 0 unspecified atom stereocenters. The molecule has 6 aromatic carbocycles. The molecule has 0 saturated heterocycles. The molecule has 0 radical (unpaired) electrons. The van der Waals surface area contributed by atoms with E-state index in [-0.39, 0.29) is 37.8 Å². The maximum Gasteiger partial charge on any atom is 0.148 e. The number of hydrogen-bond donors (Lipinski definition) is 1. The number of fused-ring (bicyclic) bond motifs is 1. The van der Waals surface area contributed by atoms with E-state index in [0.29, 0.717) is 33.7 Å². The largest absolute Gasteiger partial charge is 0.507 e. The predicted octanol–water partition coefficient (Wildman–Crippen LogP) is 15.7. The van der Waals surface area contributed by atoms with Crippen LogP contribution in [0.4, 0.5) is 0 Å². The van der Waals surface area contributed by atoms with Crippen LogP contribution in [0.1, 0.15) is 121 Å². The first-order valence-electron chi connectivity index (χ1n) is 24.0. The number of aromatic nitrogens is 3. The number of nitrogens with zero attached hydrogens (tertiary/aromatic N) is 3. The van der Waals surface area contributed by atoms with Crippen LogP contribution in [0.2, 0.25) is 0 Å². The summed E-state index contributed by atoms with van der Waals surface area (Å²) in [5.74, 6) is -1.44. The van der Waals surface area contributed by atoms with Gasteiger partial charge in [0, 0.05) is 45.4 Å². The topological polar surface area (TPSA) is 50.9 Å². The molecule has 0 aliphatic rings. The minimum Gasteiger partial charge on any atom is -0.507 e. The first-order chi connectivity index (χ1) is 31.2. The van der Waals surface area contributed by atoms with Crippen LogP contribution in [0.5, 0.6) is 5.75 Å². The molecule has 63 heavy (non-hydrogen) atoms. The normalized spacial score (nSPS) is 13.7. The van der Waals surface area contributed by atoms with Crippen molar-refractivity contribution in [2.24, 2.45) is 0 Å². The molecule has 0 spiro atoms. The van der Waals surface area contributed by atoms with Gasteiger partial charge >= 0.3 is 0 Å². The average molecular weight is 1020 g/mol. The van der Waals surface area contributed by atoms with Crippen molar-refractivity contribution < 1.29 is 33.0 Å². The average Bonchev–Trinajstić information content (AvgIpc) is 3.65. The monoisotopic (exact) mass is 1010 g/mol. The van der Waals surface area contributed by atoms with E-state index in [4.69, 9.17) is 16.8 Å². The van der Waals surface area contributed by atoms with E-state index in [1.807, 2.05) is 130 Å². The van der Waals surface area contributed by atoms with Gasteiger partial charge in [0.05, 0.1) is 22.3 Å². The SMILES string of the molecule is [2H]C([2H])([2H])c1cc(-c2cc(C([2H])(C)C)cc(C([2H])(C)C)c2)ccc1-n1c(-c2cc(C)cc(C(C)(C)C)c2O)nc2c(-c3[c-]c(-c4cc(-c5ccccc5)ccn4)cc(C(C)(C)C)c3)cccc21.[Pt]. The summed E-state index contributed by atoms with van der Waals surface area (Å²) in [6.07, 6.45) is 1.83. The Hall–Kier alpha value is -5.57. The molecule has 2 heterocycles. The molecule has 324 valence electrons. The summed E-state index contributed by atoms with van der Waals surface area (Å²) >= 11 is 0. The summed E-state index contributed by atoms with van der Waals surface area (Å²) in [7, 11) is 0. The van der Waals surface area contributed by atoms with E-state index < -0.39 is 24.1 Å². The van der Waals surface area contributed by atoms with Crippen molar-refractivity contribution in [2.75, 3.05) is 0 Å². The first-order valence-corrected chi connectivity index (χ1v) is 21.5. The maximum absolute atomic E-state index is 12.3. The molecule has 0 saturated carbocycles. The van der Waals surface area contributed by atoms with E-state index in [9.17, 15) is 5.11 Å². The standard InChI is InChI=1S/C58H60N3O.Pt/c1-35(2)42-28-43(36(3)4)30-44(29-42)40-21-22-52(38(6)27-40)61-53-20-16-19-48(54(53)60-56(61)49-25-37(5)26-50(55(49)62)58(10,11)12)45-31-46(33-47(32-45)57(7,8)9)51-34-41(23-24-59-51)39-17-14-13-15-18-39;/h13-30,32-36,62H,1-12H3;/q-1;/i6D3,35D,36D;. The summed E-state index contributed by atoms with van der Waals surface area (Å²) in [6.45, 7) is 19.4. The Bertz CT molecular complexity index is 3150. The van der Waals surface area contributed by atoms with Crippen LogP contribution in [0.15, 0.2) is 128 Å². The number of benzene rings is 6.